The van der Waals surface area contributed by atoms with Gasteiger partial charge in [0.15, 0.2) is 0 Å². The van der Waals surface area contributed by atoms with E-state index in [1.807, 2.05) is 20.8 Å². The Balaban J connectivity index is 2.53. The van der Waals surface area contributed by atoms with Gasteiger partial charge in [0.05, 0.1) is 5.54 Å². The van der Waals surface area contributed by atoms with E-state index in [4.69, 9.17) is 10.2 Å². The lowest BCUT2D eigenvalue weighted by atomic mass is 10.1. The zero-order chi connectivity index (χ0) is 12.6. The van der Waals surface area contributed by atoms with E-state index in [1.54, 1.807) is 18.2 Å². The van der Waals surface area contributed by atoms with Crippen LogP contribution in [0.5, 0.6) is 0 Å². The summed E-state index contributed by atoms with van der Waals surface area (Å²) >= 11 is 0. The first kappa shape index (κ1) is 11.4. The van der Waals surface area contributed by atoms with E-state index < -0.39 is 11.3 Å². The van der Waals surface area contributed by atoms with Crippen LogP contribution < -0.4 is 11.5 Å². The van der Waals surface area contributed by atoms with Gasteiger partial charge in [-0.15, -0.1) is 5.10 Å². The second-order valence-corrected chi connectivity index (χ2v) is 4.70. The van der Waals surface area contributed by atoms with Crippen molar-refractivity contribution in [3.63, 3.8) is 0 Å². The molecule has 0 spiro atoms. The summed E-state index contributed by atoms with van der Waals surface area (Å²) in [5.74, 6) is 0.0319. The van der Waals surface area contributed by atoms with Gasteiger partial charge in [-0.3, -0.25) is 0 Å². The van der Waals surface area contributed by atoms with Gasteiger partial charge in [-0.25, -0.2) is 9.78 Å². The van der Waals surface area contributed by atoms with Crippen molar-refractivity contribution in [1.82, 2.24) is 14.8 Å². The third kappa shape index (κ3) is 2.20. The minimum absolute atomic E-state index is 0.178. The van der Waals surface area contributed by atoms with Crippen LogP contribution >= 0.6 is 0 Å². The lowest BCUT2D eigenvalue weighted by Gasteiger charge is -2.15. The van der Waals surface area contributed by atoms with Crippen LogP contribution in [0.1, 0.15) is 20.8 Å². The smallest absolute Gasteiger partial charge is 0.386 e. The topological polar surface area (TPSA) is 86.9 Å². The first-order chi connectivity index (χ1) is 7.88. The van der Waals surface area contributed by atoms with Crippen molar-refractivity contribution in [1.29, 1.82) is 0 Å². The SMILES string of the molecule is CC(C)(C)n1nc(-c2cccc(N)n2)oc1=O. The largest absolute Gasteiger partial charge is 0.437 e. The Morgan fingerprint density at radius 3 is 2.59 bits per heavy atom. The maximum Gasteiger partial charge on any atom is 0.437 e. The molecule has 0 radical (unpaired) electrons. The summed E-state index contributed by atoms with van der Waals surface area (Å²) < 4.78 is 6.35. The molecular weight excluding hydrogens is 220 g/mol. The van der Waals surface area contributed by atoms with Gasteiger partial charge in [0.1, 0.15) is 11.5 Å². The van der Waals surface area contributed by atoms with E-state index in [0.717, 1.165) is 0 Å². The first-order valence-corrected chi connectivity index (χ1v) is 5.21. The Kier molecular flexibility index (Phi) is 2.49. The minimum Gasteiger partial charge on any atom is -0.386 e. The molecule has 0 fully saturated rings. The van der Waals surface area contributed by atoms with Crippen molar-refractivity contribution in [2.45, 2.75) is 26.3 Å². The molecular formula is C11H14N4O2. The molecule has 0 saturated heterocycles. The van der Waals surface area contributed by atoms with Crippen LogP contribution in [0.25, 0.3) is 11.6 Å². The Hall–Kier alpha value is -2.11. The van der Waals surface area contributed by atoms with E-state index >= 15 is 0 Å². The molecule has 0 unspecified atom stereocenters. The standard InChI is InChI=1S/C11H14N4O2/c1-11(2,3)15-10(16)17-9(14-15)7-5-4-6-8(12)13-7/h4-6H,1-3H3,(H2,12,13). The summed E-state index contributed by atoms with van der Waals surface area (Å²) in [7, 11) is 0. The number of aromatic nitrogens is 3. The average molecular weight is 234 g/mol. The molecule has 2 aromatic heterocycles. The highest BCUT2D eigenvalue weighted by Gasteiger charge is 2.21. The molecule has 90 valence electrons. The molecule has 2 aromatic rings. The first-order valence-electron chi connectivity index (χ1n) is 5.21. The molecule has 0 amide bonds. The predicted molar refractivity (Wildman–Crippen MR) is 63.4 cm³/mol. The number of anilines is 1. The third-order valence-electron chi connectivity index (χ3n) is 2.17. The van der Waals surface area contributed by atoms with Crippen LogP contribution in [-0.2, 0) is 5.54 Å². The van der Waals surface area contributed by atoms with Crippen LogP contribution in [0, 0.1) is 0 Å². The monoisotopic (exact) mass is 234 g/mol. The number of nitrogens with two attached hydrogens (primary N) is 1. The molecule has 2 N–H and O–H groups in total. The van der Waals surface area contributed by atoms with E-state index in [-0.39, 0.29) is 5.89 Å². The van der Waals surface area contributed by atoms with E-state index in [2.05, 4.69) is 10.1 Å². The maximum absolute atomic E-state index is 11.6. The second-order valence-electron chi connectivity index (χ2n) is 4.70. The van der Waals surface area contributed by atoms with Crippen molar-refractivity contribution in [2.24, 2.45) is 0 Å². The highest BCUT2D eigenvalue weighted by Crippen LogP contribution is 2.16. The fourth-order valence-corrected chi connectivity index (χ4v) is 1.38. The van der Waals surface area contributed by atoms with Crippen LogP contribution in [0.15, 0.2) is 27.4 Å². The summed E-state index contributed by atoms with van der Waals surface area (Å²) in [6.07, 6.45) is 0. The van der Waals surface area contributed by atoms with Crippen LogP contribution in [-0.4, -0.2) is 14.8 Å². The van der Waals surface area contributed by atoms with Gasteiger partial charge in [0.2, 0.25) is 0 Å². The molecule has 17 heavy (non-hydrogen) atoms. The fourth-order valence-electron chi connectivity index (χ4n) is 1.38. The number of nitrogen functional groups attached to an aromatic ring is 1. The average Bonchev–Trinajstić information content (AvgIpc) is 2.60. The Morgan fingerprint density at radius 1 is 1.35 bits per heavy atom. The van der Waals surface area contributed by atoms with Crippen LogP contribution in [0.2, 0.25) is 0 Å². The van der Waals surface area contributed by atoms with E-state index in [0.29, 0.717) is 11.5 Å². The Bertz CT molecular complexity index is 592. The quantitative estimate of drug-likeness (QED) is 0.802. The Labute approximate surface area is 98.1 Å². The molecule has 0 atom stereocenters. The lowest BCUT2D eigenvalue weighted by Crippen LogP contribution is -2.32. The number of hydrogen-bond acceptors (Lipinski definition) is 5. The van der Waals surface area contributed by atoms with Gasteiger partial charge in [0.25, 0.3) is 5.89 Å². The number of pyridine rings is 1. The summed E-state index contributed by atoms with van der Waals surface area (Å²) in [6, 6.07) is 5.07. The zero-order valence-electron chi connectivity index (χ0n) is 9.97. The Morgan fingerprint density at radius 2 is 2.06 bits per heavy atom. The van der Waals surface area contributed by atoms with Crippen LogP contribution in [0.3, 0.4) is 0 Å². The molecule has 6 nitrogen and oxygen atoms in total. The van der Waals surface area contributed by atoms with Gasteiger partial charge in [-0.2, -0.15) is 4.68 Å². The van der Waals surface area contributed by atoms with Gasteiger partial charge in [-0.1, -0.05) is 6.07 Å². The zero-order valence-corrected chi connectivity index (χ0v) is 9.97. The lowest BCUT2D eigenvalue weighted by molar-refractivity contribution is 0.325. The van der Waals surface area contributed by atoms with E-state index in [1.165, 1.54) is 4.68 Å². The molecule has 0 aromatic carbocycles. The number of hydrogen-bond donors (Lipinski definition) is 1. The van der Waals surface area contributed by atoms with Crippen molar-refractivity contribution in [3.8, 4) is 11.6 Å². The molecule has 6 heteroatoms. The van der Waals surface area contributed by atoms with Crippen molar-refractivity contribution < 1.29 is 4.42 Å². The number of rotatable bonds is 1. The normalized spacial score (nSPS) is 11.7. The van der Waals surface area contributed by atoms with Crippen molar-refractivity contribution >= 4 is 5.82 Å². The van der Waals surface area contributed by atoms with Crippen LogP contribution in [0.4, 0.5) is 5.82 Å². The highest BCUT2D eigenvalue weighted by molar-refractivity contribution is 5.49. The molecule has 0 bridgehead atoms. The summed E-state index contributed by atoms with van der Waals surface area (Å²) in [5.41, 5.74) is 5.58. The van der Waals surface area contributed by atoms with Gasteiger partial charge < -0.3 is 10.2 Å². The molecule has 0 aliphatic rings. The molecule has 2 heterocycles. The summed E-state index contributed by atoms with van der Waals surface area (Å²) in [4.78, 5) is 15.7. The third-order valence-corrected chi connectivity index (χ3v) is 2.17. The number of nitrogens with zero attached hydrogens (tertiary/aromatic N) is 3. The molecule has 2 rings (SSSR count). The van der Waals surface area contributed by atoms with Crippen molar-refractivity contribution in [3.05, 3.63) is 28.7 Å². The minimum atomic E-state index is -0.503. The van der Waals surface area contributed by atoms with E-state index in [9.17, 15) is 4.79 Å². The second kappa shape index (κ2) is 3.73. The summed E-state index contributed by atoms with van der Waals surface area (Å²) in [5, 5.41) is 4.11. The van der Waals surface area contributed by atoms with Crippen molar-refractivity contribution in [2.75, 3.05) is 5.73 Å². The fraction of sp³-hybridized carbons (Fsp3) is 0.364. The summed E-state index contributed by atoms with van der Waals surface area (Å²) in [6.45, 7) is 5.61. The molecule has 0 aliphatic carbocycles. The van der Waals surface area contributed by atoms with Gasteiger partial charge >= 0.3 is 5.76 Å². The van der Waals surface area contributed by atoms with Gasteiger partial charge in [0, 0.05) is 0 Å². The predicted octanol–water partition coefficient (Wildman–Crippen LogP) is 1.24. The highest BCUT2D eigenvalue weighted by atomic mass is 16.4. The molecule has 0 saturated carbocycles. The molecule has 0 aliphatic heterocycles. The maximum atomic E-state index is 11.6. The van der Waals surface area contributed by atoms with Gasteiger partial charge in [-0.05, 0) is 32.9 Å².